The highest BCUT2D eigenvalue weighted by atomic mass is 79.9. The van der Waals surface area contributed by atoms with Crippen LogP contribution in [0.5, 0.6) is 0 Å². The normalized spacial score (nSPS) is 20.5. The molecule has 1 saturated carbocycles. The van der Waals surface area contributed by atoms with Crippen molar-refractivity contribution in [2.75, 3.05) is 5.32 Å². The predicted molar refractivity (Wildman–Crippen MR) is 99.4 cm³/mol. The molecule has 26 heavy (non-hydrogen) atoms. The van der Waals surface area contributed by atoms with Crippen LogP contribution in [0, 0.1) is 0 Å². The van der Waals surface area contributed by atoms with Crippen LogP contribution in [0.25, 0.3) is 0 Å². The number of benzene rings is 1. The Morgan fingerprint density at radius 2 is 2.12 bits per heavy atom. The van der Waals surface area contributed by atoms with E-state index >= 15 is 0 Å². The summed E-state index contributed by atoms with van der Waals surface area (Å²) in [6, 6.07) is 7.40. The van der Waals surface area contributed by atoms with Crippen LogP contribution in [0.15, 0.2) is 40.0 Å². The van der Waals surface area contributed by atoms with Crippen LogP contribution in [-0.2, 0) is 9.53 Å². The Kier molecular flexibility index (Phi) is 4.76. The minimum Gasteiger partial charge on any atom is -0.459 e. The predicted octanol–water partition coefficient (Wildman–Crippen LogP) is 3.60. The minimum atomic E-state index is -0.421. The maximum Gasteiger partial charge on any atom is 0.338 e. The molecule has 0 spiro atoms. The van der Waals surface area contributed by atoms with E-state index in [9.17, 15) is 4.79 Å². The van der Waals surface area contributed by atoms with E-state index in [1.54, 1.807) is 4.68 Å². The number of allylic oxidation sites excluding steroid dienone is 1. The summed E-state index contributed by atoms with van der Waals surface area (Å²) in [4.78, 5) is 13.1. The van der Waals surface area contributed by atoms with E-state index in [0.29, 0.717) is 11.5 Å². The van der Waals surface area contributed by atoms with Gasteiger partial charge in [-0.15, -0.1) is 0 Å². The molecule has 4 rings (SSSR count). The smallest absolute Gasteiger partial charge is 0.338 e. The molecule has 2 aromatic rings. The number of fused-ring (bicyclic) bond motifs is 1. The number of aromatic nitrogens is 4. The number of hydrogen-bond donors (Lipinski definition) is 1. The Hall–Kier alpha value is -2.22. The van der Waals surface area contributed by atoms with Crippen molar-refractivity contribution in [3.8, 4) is 0 Å². The molecule has 7 nitrogen and oxygen atoms in total. The summed E-state index contributed by atoms with van der Waals surface area (Å²) in [6.45, 7) is 1.86. The van der Waals surface area contributed by atoms with Crippen molar-refractivity contribution >= 4 is 27.8 Å². The highest BCUT2D eigenvalue weighted by molar-refractivity contribution is 9.10. The van der Waals surface area contributed by atoms with Crippen LogP contribution in [0.4, 0.5) is 5.95 Å². The Morgan fingerprint density at radius 3 is 2.88 bits per heavy atom. The number of nitrogens with zero attached hydrogens (tertiary/aromatic N) is 4. The highest BCUT2D eigenvalue weighted by Crippen LogP contribution is 2.36. The molecule has 8 heteroatoms. The maximum absolute atomic E-state index is 13.1. The molecule has 2 heterocycles. The number of halogens is 1. The molecular formula is C18H20BrN5O2. The molecule has 0 radical (unpaired) electrons. The molecule has 0 amide bonds. The third-order valence-corrected chi connectivity index (χ3v) is 5.42. The number of nitrogens with one attached hydrogen (secondary N) is 1. The van der Waals surface area contributed by atoms with E-state index in [4.69, 9.17) is 4.74 Å². The monoisotopic (exact) mass is 417 g/mol. The van der Waals surface area contributed by atoms with Gasteiger partial charge in [-0.05, 0) is 60.7 Å². The number of ether oxygens (including phenoxy) is 1. The Morgan fingerprint density at radius 1 is 1.31 bits per heavy atom. The van der Waals surface area contributed by atoms with Gasteiger partial charge in [0.05, 0.1) is 5.57 Å². The van der Waals surface area contributed by atoms with Gasteiger partial charge >= 0.3 is 5.97 Å². The van der Waals surface area contributed by atoms with Crippen LogP contribution < -0.4 is 5.32 Å². The summed E-state index contributed by atoms with van der Waals surface area (Å²) in [7, 11) is 0. The molecule has 1 aliphatic heterocycles. The van der Waals surface area contributed by atoms with Crippen molar-refractivity contribution in [1.29, 1.82) is 0 Å². The number of carbonyl (C=O) groups is 1. The van der Waals surface area contributed by atoms with E-state index in [-0.39, 0.29) is 12.1 Å². The largest absolute Gasteiger partial charge is 0.459 e. The lowest BCUT2D eigenvalue weighted by molar-refractivity contribution is -0.146. The minimum absolute atomic E-state index is 0.00465. The standard InChI is InChI=1S/C18H20BrN5O2/c1-11-15(17(25)26-14-8-3-2-4-9-14)16(12-6-5-7-13(19)10-12)24-18(20-11)21-22-23-24/h5-7,10,14,16H,2-4,8-9H2,1H3,(H,20,21,23)/t16-/m1/s1. The fraction of sp³-hybridized carbons (Fsp3) is 0.444. The first-order valence-electron chi connectivity index (χ1n) is 8.85. The van der Waals surface area contributed by atoms with Crippen molar-refractivity contribution in [3.63, 3.8) is 0 Å². The average molecular weight is 418 g/mol. The van der Waals surface area contributed by atoms with E-state index in [0.717, 1.165) is 41.4 Å². The summed E-state index contributed by atoms with van der Waals surface area (Å²) in [5, 5.41) is 15.0. The molecule has 2 aliphatic rings. The van der Waals surface area contributed by atoms with Crippen molar-refractivity contribution in [2.24, 2.45) is 0 Å². The molecule has 1 fully saturated rings. The van der Waals surface area contributed by atoms with Gasteiger partial charge in [-0.1, -0.05) is 39.6 Å². The number of carbonyl (C=O) groups excluding carboxylic acids is 1. The van der Waals surface area contributed by atoms with Crippen LogP contribution >= 0.6 is 15.9 Å². The van der Waals surface area contributed by atoms with E-state index < -0.39 is 6.04 Å². The fourth-order valence-corrected chi connectivity index (χ4v) is 4.08. The van der Waals surface area contributed by atoms with Crippen molar-refractivity contribution in [2.45, 2.75) is 51.2 Å². The maximum atomic E-state index is 13.1. The van der Waals surface area contributed by atoms with Crippen LogP contribution in [0.2, 0.25) is 0 Å². The van der Waals surface area contributed by atoms with Gasteiger partial charge in [0.25, 0.3) is 0 Å². The zero-order chi connectivity index (χ0) is 18.1. The lowest BCUT2D eigenvalue weighted by atomic mass is 9.95. The zero-order valence-electron chi connectivity index (χ0n) is 14.5. The molecule has 136 valence electrons. The van der Waals surface area contributed by atoms with Crippen LogP contribution in [0.3, 0.4) is 0 Å². The Bertz CT molecular complexity index is 857. The van der Waals surface area contributed by atoms with E-state index in [1.807, 2.05) is 31.2 Å². The van der Waals surface area contributed by atoms with Crippen LogP contribution in [0.1, 0.15) is 50.6 Å². The molecule has 0 bridgehead atoms. The second kappa shape index (κ2) is 7.19. The summed E-state index contributed by atoms with van der Waals surface area (Å²) < 4.78 is 8.41. The Balaban J connectivity index is 1.71. The number of rotatable bonds is 3. The third kappa shape index (κ3) is 3.25. The third-order valence-electron chi connectivity index (χ3n) is 4.92. The summed E-state index contributed by atoms with van der Waals surface area (Å²) in [5.74, 6) is 0.217. The van der Waals surface area contributed by atoms with Gasteiger partial charge in [0.15, 0.2) is 0 Å². The van der Waals surface area contributed by atoms with Gasteiger partial charge < -0.3 is 10.1 Å². The molecule has 0 unspecified atom stereocenters. The topological polar surface area (TPSA) is 81.9 Å². The van der Waals surface area contributed by atoms with Gasteiger partial charge in [-0.25, -0.2) is 4.79 Å². The summed E-state index contributed by atoms with van der Waals surface area (Å²) in [5.41, 5.74) is 2.19. The van der Waals surface area contributed by atoms with Crippen molar-refractivity contribution < 1.29 is 9.53 Å². The second-order valence-electron chi connectivity index (χ2n) is 6.73. The lowest BCUT2D eigenvalue weighted by Gasteiger charge is -2.29. The van der Waals surface area contributed by atoms with Gasteiger partial charge in [0.1, 0.15) is 12.1 Å². The van der Waals surface area contributed by atoms with Crippen molar-refractivity contribution in [3.05, 3.63) is 45.6 Å². The fourth-order valence-electron chi connectivity index (χ4n) is 3.66. The number of tetrazole rings is 1. The molecular weight excluding hydrogens is 398 g/mol. The van der Waals surface area contributed by atoms with Gasteiger partial charge in [-0.2, -0.15) is 4.68 Å². The SMILES string of the molecule is CC1=C(C(=O)OC2CCCCC2)[C@@H](c2cccc(Br)c2)n2nnnc2N1. The highest BCUT2D eigenvalue weighted by Gasteiger charge is 2.36. The van der Waals surface area contributed by atoms with Crippen molar-refractivity contribution in [1.82, 2.24) is 20.2 Å². The molecule has 1 aliphatic carbocycles. The molecule has 1 aromatic carbocycles. The first kappa shape index (κ1) is 17.2. The van der Waals surface area contributed by atoms with Gasteiger partial charge in [-0.3, -0.25) is 0 Å². The first-order valence-corrected chi connectivity index (χ1v) is 9.65. The van der Waals surface area contributed by atoms with E-state index in [2.05, 4.69) is 36.8 Å². The second-order valence-corrected chi connectivity index (χ2v) is 7.65. The summed E-state index contributed by atoms with van der Waals surface area (Å²) in [6.07, 6.45) is 5.30. The lowest BCUT2D eigenvalue weighted by Crippen LogP contribution is -2.32. The molecule has 1 aromatic heterocycles. The Labute approximate surface area is 159 Å². The zero-order valence-corrected chi connectivity index (χ0v) is 16.1. The molecule has 1 N–H and O–H groups in total. The average Bonchev–Trinajstić information content (AvgIpc) is 3.09. The first-order chi connectivity index (χ1) is 12.6. The number of anilines is 1. The van der Waals surface area contributed by atoms with Crippen LogP contribution in [-0.4, -0.2) is 32.3 Å². The van der Waals surface area contributed by atoms with E-state index in [1.165, 1.54) is 6.42 Å². The molecule has 1 atom stereocenters. The summed E-state index contributed by atoms with van der Waals surface area (Å²) >= 11 is 3.50. The van der Waals surface area contributed by atoms with Gasteiger partial charge in [0.2, 0.25) is 5.95 Å². The number of hydrogen-bond acceptors (Lipinski definition) is 6. The molecule has 0 saturated heterocycles. The quantitative estimate of drug-likeness (QED) is 0.768. The number of esters is 1. The van der Waals surface area contributed by atoms with Gasteiger partial charge in [0, 0.05) is 10.2 Å².